The van der Waals surface area contributed by atoms with Gasteiger partial charge in [0.25, 0.3) is 0 Å². The van der Waals surface area contributed by atoms with Crippen LogP contribution in [0.25, 0.3) is 0 Å². The van der Waals surface area contributed by atoms with Crippen LogP contribution in [0.2, 0.25) is 5.02 Å². The van der Waals surface area contributed by atoms with E-state index >= 15 is 0 Å². The summed E-state index contributed by atoms with van der Waals surface area (Å²) in [5.74, 6) is 0.789. The SMILES string of the molecule is CCOc1ccc(CN(C)C(=O)C2CNNC2c2ccc(Cl)cc2)cc1. The smallest absolute Gasteiger partial charge is 0.229 e. The van der Waals surface area contributed by atoms with E-state index in [4.69, 9.17) is 16.3 Å². The largest absolute Gasteiger partial charge is 0.494 e. The highest BCUT2D eigenvalue weighted by molar-refractivity contribution is 6.30. The fourth-order valence-corrected chi connectivity index (χ4v) is 3.33. The Morgan fingerprint density at radius 1 is 1.19 bits per heavy atom. The van der Waals surface area contributed by atoms with Crippen LogP contribution in [0.3, 0.4) is 0 Å². The molecule has 5 nitrogen and oxygen atoms in total. The lowest BCUT2D eigenvalue weighted by Crippen LogP contribution is -2.36. The number of carbonyl (C=O) groups is 1. The van der Waals surface area contributed by atoms with Crippen LogP contribution in [-0.2, 0) is 11.3 Å². The number of amides is 1. The molecule has 0 bridgehead atoms. The fraction of sp³-hybridized carbons (Fsp3) is 0.350. The van der Waals surface area contributed by atoms with Crippen LogP contribution in [0, 0.1) is 5.92 Å². The van der Waals surface area contributed by atoms with Gasteiger partial charge in [0.05, 0.1) is 18.6 Å². The monoisotopic (exact) mass is 373 g/mol. The van der Waals surface area contributed by atoms with Gasteiger partial charge in [-0.2, -0.15) is 0 Å². The number of hydrogen-bond acceptors (Lipinski definition) is 4. The molecule has 1 heterocycles. The van der Waals surface area contributed by atoms with Crippen molar-refractivity contribution in [3.8, 4) is 5.75 Å². The van der Waals surface area contributed by atoms with Gasteiger partial charge in [-0.25, -0.2) is 5.43 Å². The summed E-state index contributed by atoms with van der Waals surface area (Å²) < 4.78 is 5.46. The second kappa shape index (κ2) is 8.54. The van der Waals surface area contributed by atoms with E-state index in [1.54, 1.807) is 4.90 Å². The minimum Gasteiger partial charge on any atom is -0.494 e. The van der Waals surface area contributed by atoms with Gasteiger partial charge in [-0.3, -0.25) is 10.2 Å². The zero-order valence-electron chi connectivity index (χ0n) is 15.0. The number of ether oxygens (including phenoxy) is 1. The molecule has 0 radical (unpaired) electrons. The van der Waals surface area contributed by atoms with Crippen LogP contribution >= 0.6 is 11.6 Å². The van der Waals surface area contributed by atoms with Crippen molar-refractivity contribution < 1.29 is 9.53 Å². The van der Waals surface area contributed by atoms with Crippen LogP contribution in [0.15, 0.2) is 48.5 Å². The Morgan fingerprint density at radius 3 is 2.54 bits per heavy atom. The molecule has 1 aliphatic heterocycles. The van der Waals surface area contributed by atoms with Crippen molar-refractivity contribution in [2.45, 2.75) is 19.5 Å². The van der Waals surface area contributed by atoms with E-state index in [0.717, 1.165) is 16.9 Å². The number of hydrogen-bond donors (Lipinski definition) is 2. The van der Waals surface area contributed by atoms with E-state index in [9.17, 15) is 4.79 Å². The topological polar surface area (TPSA) is 53.6 Å². The summed E-state index contributed by atoms with van der Waals surface area (Å²) in [7, 11) is 1.84. The highest BCUT2D eigenvalue weighted by atomic mass is 35.5. The van der Waals surface area contributed by atoms with Crippen molar-refractivity contribution >= 4 is 17.5 Å². The summed E-state index contributed by atoms with van der Waals surface area (Å²) in [6, 6.07) is 15.4. The van der Waals surface area contributed by atoms with Gasteiger partial charge in [0.1, 0.15) is 5.75 Å². The molecule has 2 aromatic rings. The third-order valence-electron chi connectivity index (χ3n) is 4.56. The Bertz CT molecular complexity index is 734. The molecule has 1 saturated heterocycles. The number of carbonyl (C=O) groups excluding carboxylic acids is 1. The van der Waals surface area contributed by atoms with Gasteiger partial charge >= 0.3 is 0 Å². The summed E-state index contributed by atoms with van der Waals surface area (Å²) in [6.45, 7) is 3.77. The molecule has 0 spiro atoms. The van der Waals surface area contributed by atoms with Crippen LogP contribution in [0.1, 0.15) is 24.1 Å². The maximum absolute atomic E-state index is 13.0. The van der Waals surface area contributed by atoms with Crippen molar-refractivity contribution in [2.24, 2.45) is 5.92 Å². The van der Waals surface area contributed by atoms with Crippen LogP contribution in [-0.4, -0.2) is 31.0 Å². The molecule has 2 aromatic carbocycles. The highest BCUT2D eigenvalue weighted by Crippen LogP contribution is 2.27. The minimum absolute atomic E-state index is 0.0671. The Kier molecular flexibility index (Phi) is 6.14. The average molecular weight is 374 g/mol. The van der Waals surface area contributed by atoms with E-state index in [1.807, 2.05) is 62.5 Å². The van der Waals surface area contributed by atoms with Gasteiger partial charge < -0.3 is 9.64 Å². The maximum atomic E-state index is 13.0. The van der Waals surface area contributed by atoms with Crippen LogP contribution in [0.4, 0.5) is 0 Å². The molecule has 1 aliphatic rings. The molecule has 2 N–H and O–H groups in total. The molecule has 2 atom stereocenters. The van der Waals surface area contributed by atoms with E-state index in [2.05, 4.69) is 10.9 Å². The predicted molar refractivity (Wildman–Crippen MR) is 103 cm³/mol. The predicted octanol–water partition coefficient (Wildman–Crippen LogP) is 3.16. The lowest BCUT2D eigenvalue weighted by molar-refractivity contribution is -0.134. The van der Waals surface area contributed by atoms with Crippen molar-refractivity contribution in [3.05, 3.63) is 64.7 Å². The number of halogens is 1. The zero-order chi connectivity index (χ0) is 18.5. The summed E-state index contributed by atoms with van der Waals surface area (Å²) >= 11 is 5.97. The lowest BCUT2D eigenvalue weighted by Gasteiger charge is -2.24. The van der Waals surface area contributed by atoms with Gasteiger partial charge in [0.15, 0.2) is 0 Å². The highest BCUT2D eigenvalue weighted by Gasteiger charge is 2.35. The quantitative estimate of drug-likeness (QED) is 0.816. The molecule has 6 heteroatoms. The van der Waals surface area contributed by atoms with Gasteiger partial charge in [0, 0.05) is 25.2 Å². The first-order chi connectivity index (χ1) is 12.6. The Labute approximate surface area is 159 Å². The van der Waals surface area contributed by atoms with Crippen molar-refractivity contribution in [1.29, 1.82) is 0 Å². The third-order valence-corrected chi connectivity index (χ3v) is 4.81. The van der Waals surface area contributed by atoms with Crippen molar-refractivity contribution in [3.63, 3.8) is 0 Å². The Balaban J connectivity index is 1.66. The summed E-state index contributed by atoms with van der Waals surface area (Å²) in [5, 5.41) is 0.690. The molecule has 3 rings (SSSR count). The van der Waals surface area contributed by atoms with Crippen LogP contribution in [0.5, 0.6) is 5.75 Å². The third kappa shape index (κ3) is 4.36. The first-order valence-corrected chi connectivity index (χ1v) is 9.17. The van der Waals surface area contributed by atoms with Gasteiger partial charge in [-0.15, -0.1) is 0 Å². The van der Waals surface area contributed by atoms with Gasteiger partial charge in [-0.05, 0) is 42.3 Å². The van der Waals surface area contributed by atoms with E-state index in [-0.39, 0.29) is 17.9 Å². The Hall–Kier alpha value is -2.08. The maximum Gasteiger partial charge on any atom is 0.229 e. The first-order valence-electron chi connectivity index (χ1n) is 8.79. The molecule has 1 amide bonds. The molecule has 1 fully saturated rings. The standard InChI is InChI=1S/C20H24ClN3O2/c1-3-26-17-10-4-14(5-11-17)13-24(2)20(25)18-12-22-23-19(18)15-6-8-16(21)9-7-15/h4-11,18-19,22-23H,3,12-13H2,1-2H3. The summed E-state index contributed by atoms with van der Waals surface area (Å²) in [4.78, 5) is 14.7. The number of nitrogens with zero attached hydrogens (tertiary/aromatic N) is 1. The molecule has 138 valence electrons. The van der Waals surface area contributed by atoms with Gasteiger partial charge in [0.2, 0.25) is 5.91 Å². The first kappa shape index (κ1) is 18.7. The van der Waals surface area contributed by atoms with E-state index < -0.39 is 0 Å². The van der Waals surface area contributed by atoms with E-state index in [0.29, 0.717) is 24.7 Å². The Morgan fingerprint density at radius 2 is 1.88 bits per heavy atom. The van der Waals surface area contributed by atoms with Crippen molar-refractivity contribution in [2.75, 3.05) is 20.2 Å². The minimum atomic E-state index is -0.163. The molecule has 2 unspecified atom stereocenters. The second-order valence-corrected chi connectivity index (χ2v) is 6.87. The zero-order valence-corrected chi connectivity index (χ0v) is 15.8. The molecule has 0 aromatic heterocycles. The van der Waals surface area contributed by atoms with E-state index in [1.165, 1.54) is 0 Å². The van der Waals surface area contributed by atoms with Crippen LogP contribution < -0.4 is 15.6 Å². The number of hydrazine groups is 1. The molecule has 26 heavy (non-hydrogen) atoms. The average Bonchev–Trinajstić information content (AvgIpc) is 3.13. The summed E-state index contributed by atoms with van der Waals surface area (Å²) in [5.41, 5.74) is 8.44. The lowest BCUT2D eigenvalue weighted by atomic mass is 9.93. The normalized spacial score (nSPS) is 19.3. The second-order valence-electron chi connectivity index (χ2n) is 6.43. The summed E-state index contributed by atoms with van der Waals surface area (Å²) in [6.07, 6.45) is 0. The fourth-order valence-electron chi connectivity index (χ4n) is 3.21. The van der Waals surface area contributed by atoms with Gasteiger partial charge in [-0.1, -0.05) is 35.9 Å². The molecular formula is C20H24ClN3O2. The van der Waals surface area contributed by atoms with Crippen molar-refractivity contribution in [1.82, 2.24) is 15.8 Å². The number of nitrogens with one attached hydrogen (secondary N) is 2. The number of rotatable bonds is 6. The molecule has 0 aliphatic carbocycles. The molecule has 0 saturated carbocycles. The number of benzene rings is 2. The molecular weight excluding hydrogens is 350 g/mol.